The second kappa shape index (κ2) is 11.5. The maximum Gasteiger partial charge on any atom is 0.191 e. The summed E-state index contributed by atoms with van der Waals surface area (Å²) >= 11 is 1.75. The molecular weight excluding hydrogens is 471 g/mol. The molecule has 148 valence electrons. The average Bonchev–Trinajstić information content (AvgIpc) is 3.09. The highest BCUT2D eigenvalue weighted by Gasteiger charge is 2.20. The van der Waals surface area contributed by atoms with Crippen LogP contribution in [0.15, 0.2) is 35.5 Å². The predicted octanol–water partition coefficient (Wildman–Crippen LogP) is 4.51. The number of benzene rings is 1. The molecule has 7 heteroatoms. The summed E-state index contributed by atoms with van der Waals surface area (Å²) in [7, 11) is 0. The van der Waals surface area contributed by atoms with Crippen molar-refractivity contribution >= 4 is 41.3 Å². The van der Waals surface area contributed by atoms with E-state index in [2.05, 4.69) is 35.5 Å². The van der Waals surface area contributed by atoms with Crippen LogP contribution in [0.2, 0.25) is 0 Å². The molecule has 0 saturated heterocycles. The van der Waals surface area contributed by atoms with Gasteiger partial charge in [0.05, 0.1) is 19.2 Å². The molecule has 0 unspecified atom stereocenters. The van der Waals surface area contributed by atoms with Gasteiger partial charge in [0.25, 0.3) is 0 Å². The van der Waals surface area contributed by atoms with Crippen molar-refractivity contribution in [1.29, 1.82) is 0 Å². The smallest absolute Gasteiger partial charge is 0.191 e. The number of hydrogen-bond acceptors (Lipinski definition) is 4. The van der Waals surface area contributed by atoms with E-state index in [-0.39, 0.29) is 24.0 Å². The van der Waals surface area contributed by atoms with E-state index in [4.69, 9.17) is 9.73 Å². The Morgan fingerprint density at radius 3 is 2.74 bits per heavy atom. The monoisotopic (exact) mass is 500 g/mol. The Labute approximate surface area is 183 Å². The lowest BCUT2D eigenvalue weighted by atomic mass is 9.96. The van der Waals surface area contributed by atoms with Crippen molar-refractivity contribution in [2.75, 3.05) is 6.54 Å². The van der Waals surface area contributed by atoms with Gasteiger partial charge >= 0.3 is 0 Å². The highest BCUT2D eigenvalue weighted by Crippen LogP contribution is 2.27. The summed E-state index contributed by atoms with van der Waals surface area (Å²) in [5.74, 6) is 1.77. The minimum Gasteiger partial charge on any atom is -0.490 e. The van der Waals surface area contributed by atoms with Crippen LogP contribution in [-0.4, -0.2) is 23.6 Å². The zero-order valence-corrected chi connectivity index (χ0v) is 19.2. The Morgan fingerprint density at radius 2 is 2.07 bits per heavy atom. The average molecular weight is 500 g/mol. The summed E-state index contributed by atoms with van der Waals surface area (Å²) in [6.45, 7) is 6.33. The van der Waals surface area contributed by atoms with Crippen molar-refractivity contribution in [3.8, 4) is 5.75 Å². The Morgan fingerprint density at radius 1 is 1.26 bits per heavy atom. The number of thiazole rings is 1. The van der Waals surface area contributed by atoms with Crippen molar-refractivity contribution in [3.63, 3.8) is 0 Å². The Bertz CT molecular complexity index is 730. The largest absolute Gasteiger partial charge is 0.490 e. The van der Waals surface area contributed by atoms with E-state index in [0.717, 1.165) is 48.1 Å². The first-order valence-electron chi connectivity index (χ1n) is 9.48. The van der Waals surface area contributed by atoms with Crippen molar-refractivity contribution in [3.05, 3.63) is 45.9 Å². The number of hydrogen-bond donors (Lipinski definition) is 2. The second-order valence-corrected chi connectivity index (χ2v) is 7.60. The molecule has 3 rings (SSSR count). The molecule has 1 fully saturated rings. The van der Waals surface area contributed by atoms with Gasteiger partial charge < -0.3 is 15.4 Å². The first kappa shape index (κ1) is 21.9. The van der Waals surface area contributed by atoms with Gasteiger partial charge in [0.1, 0.15) is 10.8 Å². The van der Waals surface area contributed by atoms with E-state index in [9.17, 15) is 0 Å². The fourth-order valence-corrected chi connectivity index (χ4v) is 3.48. The van der Waals surface area contributed by atoms with Crippen LogP contribution in [-0.2, 0) is 19.5 Å². The number of aryl methyl sites for hydroxylation is 1. The number of guanidine groups is 1. The molecule has 0 aliphatic heterocycles. The molecule has 27 heavy (non-hydrogen) atoms. The van der Waals surface area contributed by atoms with Crippen LogP contribution in [0.1, 0.15) is 48.6 Å². The van der Waals surface area contributed by atoms with Crippen molar-refractivity contribution in [2.45, 2.75) is 58.7 Å². The Kier molecular flexibility index (Phi) is 9.33. The van der Waals surface area contributed by atoms with E-state index < -0.39 is 0 Å². The number of para-hydroxylation sites is 1. The molecule has 0 bridgehead atoms. The molecule has 1 aromatic carbocycles. The van der Waals surface area contributed by atoms with Crippen LogP contribution < -0.4 is 15.4 Å². The molecule has 0 amide bonds. The van der Waals surface area contributed by atoms with Crippen molar-refractivity contribution in [2.24, 2.45) is 4.99 Å². The quantitative estimate of drug-likeness (QED) is 0.318. The fraction of sp³-hybridized carbons (Fsp3) is 0.500. The lowest BCUT2D eigenvalue weighted by Crippen LogP contribution is -2.36. The first-order valence-corrected chi connectivity index (χ1v) is 10.3. The van der Waals surface area contributed by atoms with Crippen LogP contribution in [0.4, 0.5) is 0 Å². The van der Waals surface area contributed by atoms with Gasteiger partial charge in [-0.15, -0.1) is 35.3 Å². The summed E-state index contributed by atoms with van der Waals surface area (Å²) in [5, 5.41) is 7.76. The molecule has 0 atom stereocenters. The zero-order valence-electron chi connectivity index (χ0n) is 16.0. The predicted molar refractivity (Wildman–Crippen MR) is 123 cm³/mol. The zero-order chi connectivity index (χ0) is 18.2. The lowest BCUT2D eigenvalue weighted by molar-refractivity contribution is 0.119. The van der Waals surface area contributed by atoms with Crippen LogP contribution in [0.5, 0.6) is 5.75 Å². The van der Waals surface area contributed by atoms with Gasteiger partial charge in [0.2, 0.25) is 0 Å². The topological polar surface area (TPSA) is 58.5 Å². The summed E-state index contributed by atoms with van der Waals surface area (Å²) in [4.78, 5) is 10.5. The summed E-state index contributed by atoms with van der Waals surface area (Å²) in [6.07, 6.45) is 6.97. The number of aliphatic imine (C=N–C) groups is 1. The second-order valence-electron chi connectivity index (χ2n) is 6.40. The number of aromatic nitrogens is 1. The third-order valence-electron chi connectivity index (χ3n) is 4.43. The summed E-state index contributed by atoms with van der Waals surface area (Å²) in [6, 6.07) is 8.21. The third kappa shape index (κ3) is 6.64. The minimum absolute atomic E-state index is 0. The molecule has 0 radical (unpaired) electrons. The highest BCUT2D eigenvalue weighted by molar-refractivity contribution is 14.0. The molecule has 1 aliphatic rings. The standard InChI is InChI=1S/C20H28N4OS.HI/c1-3-17-13-22-19(26-17)14-24-20(21-4-2)23-12-15-8-5-6-11-18(15)25-16-9-7-10-16;/h5-6,8,11,13,16H,3-4,7,9-10,12,14H2,1-2H3,(H2,21,23,24);1H. The maximum atomic E-state index is 6.10. The van der Waals surface area contributed by atoms with E-state index in [1.807, 2.05) is 24.4 Å². The van der Waals surface area contributed by atoms with Gasteiger partial charge in [-0.05, 0) is 38.7 Å². The van der Waals surface area contributed by atoms with Gasteiger partial charge in [0, 0.05) is 23.2 Å². The van der Waals surface area contributed by atoms with Gasteiger partial charge in [-0.2, -0.15) is 0 Å². The Hall–Kier alpha value is -1.35. The Balaban J connectivity index is 0.00000261. The molecule has 2 N–H and O–H groups in total. The highest BCUT2D eigenvalue weighted by atomic mass is 127. The number of halogens is 1. The number of nitrogens with one attached hydrogen (secondary N) is 2. The third-order valence-corrected chi connectivity index (χ3v) is 5.57. The van der Waals surface area contributed by atoms with Crippen LogP contribution in [0.25, 0.3) is 0 Å². The SMILES string of the molecule is CCNC(=NCc1ccccc1OC1CCC1)NCc1ncc(CC)s1.I. The van der Waals surface area contributed by atoms with Crippen molar-refractivity contribution in [1.82, 2.24) is 15.6 Å². The van der Waals surface area contributed by atoms with Gasteiger partial charge in [-0.3, -0.25) is 0 Å². The molecule has 1 aromatic heterocycles. The van der Waals surface area contributed by atoms with Gasteiger partial charge in [0.15, 0.2) is 5.96 Å². The normalized spacial score (nSPS) is 14.2. The van der Waals surface area contributed by atoms with E-state index in [0.29, 0.717) is 19.2 Å². The summed E-state index contributed by atoms with van der Waals surface area (Å²) in [5.41, 5.74) is 1.12. The molecule has 2 aromatic rings. The van der Waals surface area contributed by atoms with E-state index in [1.165, 1.54) is 11.3 Å². The maximum absolute atomic E-state index is 6.10. The van der Waals surface area contributed by atoms with Crippen LogP contribution >= 0.6 is 35.3 Å². The van der Waals surface area contributed by atoms with Crippen LogP contribution in [0.3, 0.4) is 0 Å². The first-order chi connectivity index (χ1) is 12.8. The minimum atomic E-state index is 0. The molecule has 1 saturated carbocycles. The van der Waals surface area contributed by atoms with E-state index >= 15 is 0 Å². The fourth-order valence-electron chi connectivity index (χ4n) is 2.68. The van der Waals surface area contributed by atoms with Gasteiger partial charge in [-0.1, -0.05) is 25.1 Å². The molecule has 1 heterocycles. The van der Waals surface area contributed by atoms with Gasteiger partial charge in [-0.25, -0.2) is 9.98 Å². The lowest BCUT2D eigenvalue weighted by Gasteiger charge is -2.27. The molecule has 1 aliphatic carbocycles. The molecule has 0 spiro atoms. The summed E-state index contributed by atoms with van der Waals surface area (Å²) < 4.78 is 6.10. The van der Waals surface area contributed by atoms with Crippen LogP contribution in [0, 0.1) is 0 Å². The van der Waals surface area contributed by atoms with E-state index in [1.54, 1.807) is 11.3 Å². The molecular formula is C20H29IN4OS. The van der Waals surface area contributed by atoms with Crippen molar-refractivity contribution < 1.29 is 4.74 Å². The number of rotatable bonds is 8. The number of nitrogens with zero attached hydrogens (tertiary/aromatic N) is 2. The number of ether oxygens (including phenoxy) is 1. The molecule has 5 nitrogen and oxygen atoms in total.